The Labute approximate surface area is 95.6 Å². The molecule has 0 radical (unpaired) electrons. The van der Waals surface area contributed by atoms with Gasteiger partial charge in [-0.25, -0.2) is 0 Å². The molecule has 0 saturated heterocycles. The Bertz CT molecular complexity index is 402. The summed E-state index contributed by atoms with van der Waals surface area (Å²) in [6, 6.07) is 3.09. The normalized spacial score (nSPS) is 12.5. The van der Waals surface area contributed by atoms with Crippen LogP contribution in [0.5, 0.6) is 0 Å². The first kappa shape index (κ1) is 12.6. The second-order valence-corrected chi connectivity index (χ2v) is 4.13. The summed E-state index contributed by atoms with van der Waals surface area (Å²) in [7, 11) is 0. The molecule has 0 aliphatic rings. The van der Waals surface area contributed by atoms with Crippen LogP contribution in [0.25, 0.3) is 0 Å². The quantitative estimate of drug-likeness (QED) is 0.628. The smallest absolute Gasteiger partial charge is 0.270 e. The monoisotopic (exact) mass is 222 g/mol. The van der Waals surface area contributed by atoms with Gasteiger partial charge in [-0.3, -0.25) is 10.1 Å². The molecule has 2 N–H and O–H groups in total. The zero-order chi connectivity index (χ0) is 12.3. The fourth-order valence-corrected chi connectivity index (χ4v) is 1.82. The van der Waals surface area contributed by atoms with Gasteiger partial charge in [0.25, 0.3) is 5.69 Å². The van der Waals surface area contributed by atoms with E-state index in [2.05, 4.69) is 6.92 Å². The predicted octanol–water partition coefficient (Wildman–Crippen LogP) is 3.01. The van der Waals surface area contributed by atoms with E-state index in [0.29, 0.717) is 0 Å². The van der Waals surface area contributed by atoms with Gasteiger partial charge in [0, 0.05) is 18.2 Å². The van der Waals surface area contributed by atoms with E-state index >= 15 is 0 Å². The zero-order valence-corrected chi connectivity index (χ0v) is 9.99. The minimum absolute atomic E-state index is 0.108. The van der Waals surface area contributed by atoms with Crippen molar-refractivity contribution in [1.29, 1.82) is 0 Å². The third kappa shape index (κ3) is 2.58. The maximum Gasteiger partial charge on any atom is 0.270 e. The van der Waals surface area contributed by atoms with Crippen molar-refractivity contribution in [2.24, 2.45) is 5.73 Å². The molecule has 0 heterocycles. The van der Waals surface area contributed by atoms with Crippen molar-refractivity contribution in [1.82, 2.24) is 0 Å². The summed E-state index contributed by atoms with van der Waals surface area (Å²) in [6.07, 6.45) is 1.82. The van der Waals surface area contributed by atoms with Gasteiger partial charge < -0.3 is 5.73 Å². The van der Waals surface area contributed by atoms with Crippen molar-refractivity contribution in [2.45, 2.75) is 39.7 Å². The number of nitrogens with two attached hydrogens (primary N) is 1. The highest BCUT2D eigenvalue weighted by Gasteiger charge is 2.15. The molecular weight excluding hydrogens is 204 g/mol. The molecule has 4 nitrogen and oxygen atoms in total. The van der Waals surface area contributed by atoms with Gasteiger partial charge in [-0.1, -0.05) is 13.3 Å². The largest absolute Gasteiger partial charge is 0.324 e. The molecule has 1 unspecified atom stereocenters. The Morgan fingerprint density at radius 3 is 2.56 bits per heavy atom. The van der Waals surface area contributed by atoms with Gasteiger partial charge in [-0.2, -0.15) is 0 Å². The molecule has 0 aromatic heterocycles. The number of aryl methyl sites for hydroxylation is 1. The Hall–Kier alpha value is -1.42. The van der Waals surface area contributed by atoms with Crippen LogP contribution in [0.2, 0.25) is 0 Å². The number of nitro groups is 1. The van der Waals surface area contributed by atoms with Crippen LogP contribution in [0.3, 0.4) is 0 Å². The molecule has 0 saturated carbocycles. The molecule has 0 fully saturated rings. The summed E-state index contributed by atoms with van der Waals surface area (Å²) in [5.41, 5.74) is 9.04. The van der Waals surface area contributed by atoms with E-state index in [1.165, 1.54) is 0 Å². The van der Waals surface area contributed by atoms with Crippen LogP contribution in [-0.4, -0.2) is 4.92 Å². The van der Waals surface area contributed by atoms with Crippen LogP contribution in [-0.2, 0) is 0 Å². The van der Waals surface area contributed by atoms with Crippen LogP contribution in [0.1, 0.15) is 42.5 Å². The van der Waals surface area contributed by atoms with Gasteiger partial charge in [0.05, 0.1) is 4.92 Å². The summed E-state index contributed by atoms with van der Waals surface area (Å²) in [6.45, 7) is 5.90. The van der Waals surface area contributed by atoms with Crippen LogP contribution < -0.4 is 5.73 Å². The lowest BCUT2D eigenvalue weighted by Gasteiger charge is -2.15. The fourth-order valence-electron chi connectivity index (χ4n) is 1.82. The highest BCUT2D eigenvalue weighted by atomic mass is 16.6. The number of nitrogens with zero attached hydrogens (tertiary/aromatic N) is 1. The maximum absolute atomic E-state index is 10.8. The van der Waals surface area contributed by atoms with Gasteiger partial charge >= 0.3 is 0 Å². The molecule has 16 heavy (non-hydrogen) atoms. The van der Waals surface area contributed by atoms with Crippen molar-refractivity contribution < 1.29 is 4.92 Å². The first-order chi connectivity index (χ1) is 7.47. The Balaban J connectivity index is 3.21. The van der Waals surface area contributed by atoms with E-state index in [-0.39, 0.29) is 16.7 Å². The zero-order valence-electron chi connectivity index (χ0n) is 9.99. The molecule has 1 atom stereocenters. The molecular formula is C12H18N2O2. The number of rotatable bonds is 4. The molecule has 0 amide bonds. The second-order valence-electron chi connectivity index (χ2n) is 4.13. The van der Waals surface area contributed by atoms with Crippen molar-refractivity contribution in [3.05, 3.63) is 38.9 Å². The standard InChI is InChI=1S/C12H18N2O2/c1-4-5-12(13)11-7-10(14(15)16)6-8(2)9(11)3/h6-7,12H,4-5,13H2,1-3H3. The lowest BCUT2D eigenvalue weighted by molar-refractivity contribution is -0.385. The van der Waals surface area contributed by atoms with Gasteiger partial charge in [0.2, 0.25) is 0 Å². The number of benzene rings is 1. The first-order valence-corrected chi connectivity index (χ1v) is 5.48. The number of hydrogen-bond donors (Lipinski definition) is 1. The van der Waals surface area contributed by atoms with Gasteiger partial charge in [0.15, 0.2) is 0 Å². The lowest BCUT2D eigenvalue weighted by Crippen LogP contribution is -2.12. The van der Waals surface area contributed by atoms with E-state index in [0.717, 1.165) is 29.5 Å². The maximum atomic E-state index is 10.8. The SMILES string of the molecule is CCCC(N)c1cc([N+](=O)[O-])cc(C)c1C. The minimum atomic E-state index is -0.366. The van der Waals surface area contributed by atoms with Crippen LogP contribution in [0.15, 0.2) is 12.1 Å². The van der Waals surface area contributed by atoms with E-state index in [1.807, 2.05) is 13.8 Å². The predicted molar refractivity (Wildman–Crippen MR) is 64.4 cm³/mol. The first-order valence-electron chi connectivity index (χ1n) is 5.48. The van der Waals surface area contributed by atoms with Crippen LogP contribution in [0.4, 0.5) is 5.69 Å². The van der Waals surface area contributed by atoms with Gasteiger partial charge in [0.1, 0.15) is 0 Å². The van der Waals surface area contributed by atoms with E-state index in [4.69, 9.17) is 5.73 Å². The van der Waals surface area contributed by atoms with Gasteiger partial charge in [-0.15, -0.1) is 0 Å². The van der Waals surface area contributed by atoms with Crippen molar-refractivity contribution in [3.8, 4) is 0 Å². The van der Waals surface area contributed by atoms with Crippen LogP contribution >= 0.6 is 0 Å². The molecule has 0 spiro atoms. The van der Waals surface area contributed by atoms with E-state index in [1.54, 1.807) is 12.1 Å². The number of non-ortho nitro benzene ring substituents is 1. The van der Waals surface area contributed by atoms with Crippen molar-refractivity contribution in [3.63, 3.8) is 0 Å². The highest BCUT2D eigenvalue weighted by molar-refractivity contribution is 5.45. The molecule has 1 aromatic carbocycles. The average Bonchev–Trinajstić information content (AvgIpc) is 2.21. The third-order valence-electron chi connectivity index (χ3n) is 2.90. The molecule has 0 bridgehead atoms. The van der Waals surface area contributed by atoms with Crippen molar-refractivity contribution in [2.75, 3.05) is 0 Å². The summed E-state index contributed by atoms with van der Waals surface area (Å²) in [5.74, 6) is 0. The Kier molecular flexibility index (Phi) is 4.01. The molecule has 4 heteroatoms. The number of hydrogen-bond acceptors (Lipinski definition) is 3. The molecule has 0 aliphatic heterocycles. The van der Waals surface area contributed by atoms with Gasteiger partial charge in [-0.05, 0) is 37.0 Å². The second kappa shape index (κ2) is 5.07. The highest BCUT2D eigenvalue weighted by Crippen LogP contribution is 2.27. The third-order valence-corrected chi connectivity index (χ3v) is 2.90. The minimum Gasteiger partial charge on any atom is -0.324 e. The number of nitro benzene ring substituents is 1. The summed E-state index contributed by atoms with van der Waals surface area (Å²) in [5, 5.41) is 10.8. The summed E-state index contributed by atoms with van der Waals surface area (Å²) < 4.78 is 0. The molecule has 88 valence electrons. The molecule has 1 rings (SSSR count). The Morgan fingerprint density at radius 2 is 2.06 bits per heavy atom. The topological polar surface area (TPSA) is 69.2 Å². The van der Waals surface area contributed by atoms with Crippen LogP contribution in [0, 0.1) is 24.0 Å². The molecule has 0 aliphatic carbocycles. The van der Waals surface area contributed by atoms with E-state index in [9.17, 15) is 10.1 Å². The van der Waals surface area contributed by atoms with E-state index < -0.39 is 0 Å². The van der Waals surface area contributed by atoms with Crippen molar-refractivity contribution >= 4 is 5.69 Å². The fraction of sp³-hybridized carbons (Fsp3) is 0.500. The lowest BCUT2D eigenvalue weighted by atomic mass is 9.94. The average molecular weight is 222 g/mol. The summed E-state index contributed by atoms with van der Waals surface area (Å²) >= 11 is 0. The Morgan fingerprint density at radius 1 is 1.44 bits per heavy atom. The molecule has 1 aromatic rings. The summed E-state index contributed by atoms with van der Waals surface area (Å²) in [4.78, 5) is 10.4.